The Balaban J connectivity index is 1.82. The van der Waals surface area contributed by atoms with Crippen LogP contribution in [0.1, 0.15) is 41.0 Å². The van der Waals surface area contributed by atoms with E-state index in [1.165, 1.54) is 11.8 Å². The lowest BCUT2D eigenvalue weighted by molar-refractivity contribution is -0.115. The molecule has 2 aromatic rings. The third kappa shape index (κ3) is 7.97. The number of allylic oxidation sites excluding steroid dienone is 1. The molecule has 5 N–H and O–H groups in total. The van der Waals surface area contributed by atoms with Crippen LogP contribution in [0.5, 0.6) is 0 Å². The number of nitrogens with two attached hydrogens (primary N) is 1. The third-order valence-electron chi connectivity index (χ3n) is 5.56. The summed E-state index contributed by atoms with van der Waals surface area (Å²) in [6.07, 6.45) is 1.99. The Bertz CT molecular complexity index is 1070. The quantitative estimate of drug-likeness (QED) is 0.317. The third-order valence-corrected chi connectivity index (χ3v) is 6.43. The van der Waals surface area contributed by atoms with Gasteiger partial charge in [0.2, 0.25) is 5.91 Å². The number of carbonyl (C=O) groups excluding carboxylic acids is 1. The topological polar surface area (TPSA) is 123 Å². The second-order valence-corrected chi connectivity index (χ2v) is 10.5. The van der Waals surface area contributed by atoms with E-state index in [0.717, 1.165) is 42.6 Å². The van der Waals surface area contributed by atoms with Gasteiger partial charge in [0.25, 0.3) is 0 Å². The van der Waals surface area contributed by atoms with Gasteiger partial charge in [0.15, 0.2) is 5.16 Å². The van der Waals surface area contributed by atoms with Crippen molar-refractivity contribution in [3.63, 3.8) is 0 Å². The first kappa shape index (κ1) is 26.5. The van der Waals surface area contributed by atoms with Crippen molar-refractivity contribution in [1.29, 1.82) is 5.41 Å². The molecule has 1 fully saturated rings. The molecule has 2 heterocycles. The molecule has 0 radical (unpaired) electrons. The van der Waals surface area contributed by atoms with E-state index in [1.54, 1.807) is 13.0 Å². The summed E-state index contributed by atoms with van der Waals surface area (Å²) in [6.45, 7) is 13.9. The highest BCUT2D eigenvalue weighted by Crippen LogP contribution is 2.30. The maximum Gasteiger partial charge on any atom is 0.224 e. The van der Waals surface area contributed by atoms with Crippen LogP contribution < -0.4 is 21.3 Å². The molecule has 9 nitrogen and oxygen atoms in total. The van der Waals surface area contributed by atoms with Crippen molar-refractivity contribution in [2.24, 2.45) is 5.73 Å². The van der Waals surface area contributed by atoms with Crippen LogP contribution >= 0.6 is 11.8 Å². The van der Waals surface area contributed by atoms with Crippen LogP contribution in [0.25, 0.3) is 0 Å². The van der Waals surface area contributed by atoms with Crippen LogP contribution in [0.4, 0.5) is 17.3 Å². The van der Waals surface area contributed by atoms with Gasteiger partial charge in [-0.15, -0.1) is 0 Å². The van der Waals surface area contributed by atoms with Crippen molar-refractivity contribution < 1.29 is 4.79 Å². The van der Waals surface area contributed by atoms with Crippen molar-refractivity contribution in [3.8, 4) is 0 Å². The number of anilines is 3. The van der Waals surface area contributed by atoms with Crippen molar-refractivity contribution in [1.82, 2.24) is 14.9 Å². The number of rotatable bonds is 8. The van der Waals surface area contributed by atoms with Crippen LogP contribution in [0.2, 0.25) is 0 Å². The minimum absolute atomic E-state index is 0.0190. The Morgan fingerprint density at radius 1 is 1.14 bits per heavy atom. The lowest BCUT2D eigenvalue weighted by atomic mass is 10.1. The van der Waals surface area contributed by atoms with Gasteiger partial charge in [-0.25, -0.2) is 9.97 Å². The fourth-order valence-electron chi connectivity index (χ4n) is 3.67. The standard InChI is InChI=1S/C25H36N8OS/c1-6-23(34)28-18-7-9-19(10-8-18)35-24-30-21(29-20(27)15-17(2)26)16-22(31-24)32-11-13-33(14-12-32)25(3,4)5/h7-10,15-16,26H,6,11-14,27H2,1-5H3,(H,28,34)(H,29,30,31)/b20-15+,26-17?. The van der Waals surface area contributed by atoms with E-state index in [9.17, 15) is 4.79 Å². The molecule has 1 aliphatic rings. The summed E-state index contributed by atoms with van der Waals surface area (Å²) < 4.78 is 0. The Morgan fingerprint density at radius 2 is 1.80 bits per heavy atom. The van der Waals surface area contributed by atoms with Gasteiger partial charge in [-0.05, 0) is 69.8 Å². The molecule has 1 aromatic carbocycles. The molecule has 1 aromatic heterocycles. The van der Waals surface area contributed by atoms with E-state index in [-0.39, 0.29) is 11.4 Å². The molecule has 0 aliphatic carbocycles. The Kier molecular flexibility index (Phi) is 8.74. The Morgan fingerprint density at radius 3 is 2.37 bits per heavy atom. The second-order valence-electron chi connectivity index (χ2n) is 9.47. The fourth-order valence-corrected chi connectivity index (χ4v) is 4.44. The molecule has 0 saturated carbocycles. The second kappa shape index (κ2) is 11.5. The van der Waals surface area contributed by atoms with Gasteiger partial charge >= 0.3 is 0 Å². The molecule has 0 unspecified atom stereocenters. The average molecular weight is 497 g/mol. The molecule has 0 spiro atoms. The van der Waals surface area contributed by atoms with E-state index in [4.69, 9.17) is 16.1 Å². The number of nitrogens with zero attached hydrogens (tertiary/aromatic N) is 4. The van der Waals surface area contributed by atoms with Gasteiger partial charge in [-0.2, -0.15) is 0 Å². The molecule has 35 heavy (non-hydrogen) atoms. The first-order valence-corrected chi connectivity index (χ1v) is 12.6. The lowest BCUT2D eigenvalue weighted by Gasteiger charge is -2.42. The fraction of sp³-hybridized carbons (Fsp3) is 0.440. The number of hydrogen-bond acceptors (Lipinski definition) is 9. The molecule has 1 saturated heterocycles. The van der Waals surface area contributed by atoms with Crippen LogP contribution in [0, 0.1) is 5.41 Å². The zero-order valence-corrected chi connectivity index (χ0v) is 22.0. The Hall–Kier alpha value is -3.11. The maximum absolute atomic E-state index is 11.6. The lowest BCUT2D eigenvalue weighted by Crippen LogP contribution is -2.53. The summed E-state index contributed by atoms with van der Waals surface area (Å²) in [6, 6.07) is 9.53. The summed E-state index contributed by atoms with van der Waals surface area (Å²) in [5.41, 5.74) is 7.31. The summed E-state index contributed by atoms with van der Waals surface area (Å²) in [5.74, 6) is 1.75. The largest absolute Gasteiger partial charge is 0.385 e. The predicted molar refractivity (Wildman–Crippen MR) is 144 cm³/mol. The monoisotopic (exact) mass is 496 g/mol. The van der Waals surface area contributed by atoms with Crippen LogP contribution in [0.15, 0.2) is 52.3 Å². The average Bonchev–Trinajstić information content (AvgIpc) is 2.79. The molecule has 188 valence electrons. The van der Waals surface area contributed by atoms with E-state index >= 15 is 0 Å². The van der Waals surface area contributed by atoms with Gasteiger partial charge in [-0.3, -0.25) is 9.69 Å². The first-order valence-electron chi connectivity index (χ1n) is 11.8. The van der Waals surface area contributed by atoms with Gasteiger partial charge in [0.1, 0.15) is 17.5 Å². The molecule has 1 aliphatic heterocycles. The van der Waals surface area contributed by atoms with Crippen LogP contribution in [-0.2, 0) is 4.79 Å². The SMILES string of the molecule is CCC(=O)Nc1ccc(Sc2nc(N/C(N)=C/C(C)=N)cc(N3CCN(C(C)(C)C)CC3)n2)cc1. The van der Waals surface area contributed by atoms with Crippen molar-refractivity contribution >= 4 is 40.7 Å². The smallest absolute Gasteiger partial charge is 0.224 e. The minimum Gasteiger partial charge on any atom is -0.385 e. The normalized spacial score (nSPS) is 15.1. The summed E-state index contributed by atoms with van der Waals surface area (Å²) in [7, 11) is 0. The summed E-state index contributed by atoms with van der Waals surface area (Å²) >= 11 is 1.44. The van der Waals surface area contributed by atoms with E-state index in [2.05, 4.69) is 46.2 Å². The highest BCUT2D eigenvalue weighted by Gasteiger charge is 2.26. The van der Waals surface area contributed by atoms with E-state index in [0.29, 0.717) is 28.9 Å². The van der Waals surface area contributed by atoms with E-state index in [1.807, 2.05) is 37.3 Å². The van der Waals surface area contributed by atoms with Gasteiger partial charge in [0.05, 0.1) is 0 Å². The van der Waals surface area contributed by atoms with Gasteiger partial charge < -0.3 is 26.7 Å². The highest BCUT2D eigenvalue weighted by atomic mass is 32.2. The van der Waals surface area contributed by atoms with Crippen LogP contribution in [-0.4, -0.2) is 58.2 Å². The predicted octanol–water partition coefficient (Wildman–Crippen LogP) is 4.15. The number of nitrogens with one attached hydrogen (secondary N) is 3. The first-order chi connectivity index (χ1) is 16.5. The number of benzene rings is 1. The summed E-state index contributed by atoms with van der Waals surface area (Å²) in [5, 5.41) is 14.2. The van der Waals surface area contributed by atoms with Gasteiger partial charge in [0, 0.05) is 60.5 Å². The van der Waals surface area contributed by atoms with Crippen molar-refractivity contribution in [3.05, 3.63) is 42.2 Å². The number of amides is 1. The van der Waals surface area contributed by atoms with Crippen molar-refractivity contribution in [2.45, 2.75) is 56.6 Å². The number of hydrogen-bond donors (Lipinski definition) is 4. The molecular formula is C25H36N8OS. The van der Waals surface area contributed by atoms with Crippen LogP contribution in [0.3, 0.4) is 0 Å². The zero-order chi connectivity index (χ0) is 25.6. The zero-order valence-electron chi connectivity index (χ0n) is 21.2. The molecule has 0 bridgehead atoms. The molecule has 0 atom stereocenters. The number of carbonyl (C=O) groups is 1. The number of aromatic nitrogens is 2. The highest BCUT2D eigenvalue weighted by molar-refractivity contribution is 7.99. The molecular weight excluding hydrogens is 460 g/mol. The molecule has 1 amide bonds. The summed E-state index contributed by atoms with van der Waals surface area (Å²) in [4.78, 5) is 26.8. The molecule has 10 heteroatoms. The van der Waals surface area contributed by atoms with Crippen molar-refractivity contribution in [2.75, 3.05) is 41.7 Å². The minimum atomic E-state index is -0.0190. The Labute approximate surface area is 212 Å². The van der Waals surface area contributed by atoms with Gasteiger partial charge in [-0.1, -0.05) is 6.92 Å². The number of piperazine rings is 1. The van der Waals surface area contributed by atoms with E-state index < -0.39 is 0 Å². The molecule has 3 rings (SSSR count). The maximum atomic E-state index is 11.6.